The fraction of sp³-hybridized carbons (Fsp3) is 0.600. The van der Waals surface area contributed by atoms with Gasteiger partial charge in [0.2, 0.25) is 5.91 Å². The average molecular weight is 273 g/mol. The molecule has 0 saturated carbocycles. The van der Waals surface area contributed by atoms with Gasteiger partial charge in [0.1, 0.15) is 13.1 Å². The first kappa shape index (κ1) is 14.7. The molecule has 0 aromatic heterocycles. The van der Waals surface area contributed by atoms with Gasteiger partial charge in [0.25, 0.3) is 0 Å². The molecule has 1 aliphatic rings. The van der Waals surface area contributed by atoms with Gasteiger partial charge in [-0.05, 0) is 6.42 Å². The van der Waals surface area contributed by atoms with Crippen LogP contribution in [0.4, 0.5) is 4.79 Å². The Morgan fingerprint density at radius 2 is 1.68 bits per heavy atom. The van der Waals surface area contributed by atoms with Crippen molar-refractivity contribution in [3.8, 4) is 0 Å². The lowest BCUT2D eigenvalue weighted by molar-refractivity contribution is -0.140. The number of carboxylic acid groups (broad SMARTS) is 2. The van der Waals surface area contributed by atoms with Crippen molar-refractivity contribution in [2.75, 3.05) is 26.2 Å². The van der Waals surface area contributed by atoms with Gasteiger partial charge < -0.3 is 25.7 Å². The molecule has 1 unspecified atom stereocenters. The van der Waals surface area contributed by atoms with Gasteiger partial charge in [-0.3, -0.25) is 14.4 Å². The zero-order valence-corrected chi connectivity index (χ0v) is 10.1. The molecule has 0 aromatic rings. The smallest absolute Gasteiger partial charge is 0.323 e. The summed E-state index contributed by atoms with van der Waals surface area (Å²) >= 11 is 0. The van der Waals surface area contributed by atoms with Crippen molar-refractivity contribution in [2.24, 2.45) is 11.7 Å². The van der Waals surface area contributed by atoms with Crippen LogP contribution in [0.1, 0.15) is 6.42 Å². The molecule has 1 aliphatic heterocycles. The molecule has 0 aliphatic carbocycles. The van der Waals surface area contributed by atoms with Gasteiger partial charge in [-0.1, -0.05) is 0 Å². The first-order chi connectivity index (χ1) is 8.81. The number of carbonyl (C=O) groups excluding carboxylic acids is 2. The first-order valence-corrected chi connectivity index (χ1v) is 5.58. The van der Waals surface area contributed by atoms with E-state index in [1.165, 1.54) is 4.90 Å². The summed E-state index contributed by atoms with van der Waals surface area (Å²) in [5, 5.41) is 17.3. The average Bonchev–Trinajstić information content (AvgIpc) is 2.75. The largest absolute Gasteiger partial charge is 0.480 e. The molecule has 1 fully saturated rings. The summed E-state index contributed by atoms with van der Waals surface area (Å²) in [6, 6.07) is -0.714. The Kier molecular flexibility index (Phi) is 4.67. The number of amides is 3. The van der Waals surface area contributed by atoms with Crippen LogP contribution in [-0.2, 0) is 14.4 Å². The molecule has 1 rings (SSSR count). The molecule has 1 saturated heterocycles. The Bertz CT molecular complexity index is 394. The maximum atomic E-state index is 12.0. The van der Waals surface area contributed by atoms with E-state index in [1.807, 2.05) is 0 Å². The van der Waals surface area contributed by atoms with E-state index in [-0.39, 0.29) is 13.1 Å². The fourth-order valence-corrected chi connectivity index (χ4v) is 1.88. The molecule has 19 heavy (non-hydrogen) atoms. The van der Waals surface area contributed by atoms with Gasteiger partial charge in [-0.25, -0.2) is 4.79 Å². The lowest BCUT2D eigenvalue weighted by atomic mass is 10.1. The van der Waals surface area contributed by atoms with E-state index in [9.17, 15) is 19.2 Å². The number of aliphatic carboxylic acids is 2. The van der Waals surface area contributed by atoms with Gasteiger partial charge in [0, 0.05) is 13.1 Å². The van der Waals surface area contributed by atoms with Crippen LogP contribution in [0.3, 0.4) is 0 Å². The number of urea groups is 1. The minimum Gasteiger partial charge on any atom is -0.480 e. The van der Waals surface area contributed by atoms with E-state index in [0.29, 0.717) is 11.3 Å². The minimum absolute atomic E-state index is 0.0872. The van der Waals surface area contributed by atoms with E-state index in [0.717, 1.165) is 0 Å². The van der Waals surface area contributed by atoms with Gasteiger partial charge in [-0.2, -0.15) is 0 Å². The SMILES string of the molecule is NC(=O)C1CCN(C(=O)N(CC(=O)O)CC(=O)O)C1. The summed E-state index contributed by atoms with van der Waals surface area (Å²) < 4.78 is 0. The Morgan fingerprint density at radius 1 is 1.16 bits per heavy atom. The van der Waals surface area contributed by atoms with Gasteiger partial charge in [0.15, 0.2) is 0 Å². The standard InChI is InChI=1S/C10H15N3O6/c11-9(18)6-1-2-12(3-6)10(19)13(4-7(14)15)5-8(16)17/h6H,1-5H2,(H2,11,18)(H,14,15)(H,16,17). The molecule has 0 spiro atoms. The maximum absolute atomic E-state index is 12.0. The zero-order valence-electron chi connectivity index (χ0n) is 10.1. The molecule has 0 aromatic carbocycles. The molecule has 1 atom stereocenters. The molecular weight excluding hydrogens is 258 g/mol. The molecule has 9 heteroatoms. The van der Waals surface area contributed by atoms with E-state index in [4.69, 9.17) is 15.9 Å². The van der Waals surface area contributed by atoms with Crippen LogP contribution in [0.5, 0.6) is 0 Å². The van der Waals surface area contributed by atoms with Crippen LogP contribution in [0.25, 0.3) is 0 Å². The number of nitrogens with two attached hydrogens (primary N) is 1. The summed E-state index contributed by atoms with van der Waals surface area (Å²) in [5.74, 6) is -3.61. The van der Waals surface area contributed by atoms with E-state index >= 15 is 0 Å². The van der Waals surface area contributed by atoms with Crippen molar-refractivity contribution in [3.63, 3.8) is 0 Å². The Morgan fingerprint density at radius 3 is 2.05 bits per heavy atom. The molecule has 0 radical (unpaired) electrons. The van der Waals surface area contributed by atoms with Crippen LogP contribution < -0.4 is 5.73 Å². The molecule has 4 N–H and O–H groups in total. The van der Waals surface area contributed by atoms with Crippen LogP contribution >= 0.6 is 0 Å². The second-order valence-corrected chi connectivity index (χ2v) is 4.26. The molecular formula is C10H15N3O6. The van der Waals surface area contributed by atoms with Gasteiger partial charge in [-0.15, -0.1) is 0 Å². The van der Waals surface area contributed by atoms with Crippen LogP contribution in [0.2, 0.25) is 0 Å². The highest BCUT2D eigenvalue weighted by molar-refractivity contribution is 5.85. The highest BCUT2D eigenvalue weighted by Crippen LogP contribution is 2.17. The van der Waals surface area contributed by atoms with Crippen LogP contribution in [0.15, 0.2) is 0 Å². The summed E-state index contributed by atoms with van der Waals surface area (Å²) in [5.41, 5.74) is 5.12. The topological polar surface area (TPSA) is 141 Å². The number of carbonyl (C=O) groups is 4. The maximum Gasteiger partial charge on any atom is 0.323 e. The Balaban J connectivity index is 2.69. The number of likely N-dealkylation sites (tertiary alicyclic amines) is 1. The lowest BCUT2D eigenvalue weighted by Crippen LogP contribution is -2.47. The summed E-state index contributed by atoms with van der Waals surface area (Å²) in [7, 11) is 0. The van der Waals surface area contributed by atoms with E-state index < -0.39 is 42.9 Å². The van der Waals surface area contributed by atoms with Crippen molar-refractivity contribution in [1.82, 2.24) is 9.80 Å². The van der Waals surface area contributed by atoms with Crippen LogP contribution in [-0.4, -0.2) is 70.1 Å². The van der Waals surface area contributed by atoms with Crippen molar-refractivity contribution in [3.05, 3.63) is 0 Å². The third-order valence-electron chi connectivity index (χ3n) is 2.78. The normalized spacial score (nSPS) is 18.1. The Hall–Kier alpha value is -2.32. The third-order valence-corrected chi connectivity index (χ3v) is 2.78. The number of nitrogens with zero attached hydrogens (tertiary/aromatic N) is 2. The predicted molar refractivity (Wildman–Crippen MR) is 61.1 cm³/mol. The molecule has 9 nitrogen and oxygen atoms in total. The van der Waals surface area contributed by atoms with Crippen LogP contribution in [0, 0.1) is 5.92 Å². The van der Waals surface area contributed by atoms with Crippen molar-refractivity contribution in [1.29, 1.82) is 0 Å². The summed E-state index contributed by atoms with van der Waals surface area (Å²) in [4.78, 5) is 46.1. The molecule has 106 valence electrons. The number of rotatable bonds is 5. The molecule has 3 amide bonds. The lowest BCUT2D eigenvalue weighted by Gasteiger charge is -2.25. The highest BCUT2D eigenvalue weighted by Gasteiger charge is 2.33. The number of hydrogen-bond acceptors (Lipinski definition) is 4. The van der Waals surface area contributed by atoms with Gasteiger partial charge >= 0.3 is 18.0 Å². The number of hydrogen-bond donors (Lipinski definition) is 3. The first-order valence-electron chi connectivity index (χ1n) is 5.58. The van der Waals surface area contributed by atoms with Crippen molar-refractivity contribution in [2.45, 2.75) is 6.42 Å². The Labute approximate surface area is 108 Å². The molecule has 0 bridgehead atoms. The second kappa shape index (κ2) is 6.03. The van der Waals surface area contributed by atoms with Crippen molar-refractivity contribution >= 4 is 23.9 Å². The van der Waals surface area contributed by atoms with Crippen molar-refractivity contribution < 1.29 is 29.4 Å². The molecule has 1 heterocycles. The second-order valence-electron chi connectivity index (χ2n) is 4.26. The fourth-order valence-electron chi connectivity index (χ4n) is 1.88. The highest BCUT2D eigenvalue weighted by atomic mass is 16.4. The summed E-state index contributed by atoms with van der Waals surface area (Å²) in [6.45, 7) is -1.07. The quantitative estimate of drug-likeness (QED) is 0.550. The van der Waals surface area contributed by atoms with E-state index in [1.54, 1.807) is 0 Å². The summed E-state index contributed by atoms with van der Waals surface area (Å²) in [6.07, 6.45) is 0.398. The number of carboxylic acids is 2. The predicted octanol–water partition coefficient (Wildman–Crippen LogP) is -1.62. The zero-order chi connectivity index (χ0) is 14.6. The van der Waals surface area contributed by atoms with E-state index in [2.05, 4.69) is 0 Å². The minimum atomic E-state index is -1.31. The monoisotopic (exact) mass is 273 g/mol. The third kappa shape index (κ3) is 4.12. The number of primary amides is 1. The van der Waals surface area contributed by atoms with Gasteiger partial charge in [0.05, 0.1) is 5.92 Å².